The van der Waals surface area contributed by atoms with Crippen molar-refractivity contribution in [3.63, 3.8) is 0 Å². The fourth-order valence-electron chi connectivity index (χ4n) is 3.99. The number of H-pyrrole nitrogens is 1. The molecule has 1 aliphatic rings. The summed E-state index contributed by atoms with van der Waals surface area (Å²) in [5.41, 5.74) is 2.57. The summed E-state index contributed by atoms with van der Waals surface area (Å²) in [6.07, 6.45) is 6.89. The lowest BCUT2D eigenvalue weighted by molar-refractivity contribution is 0.102. The third kappa shape index (κ3) is 5.85. The molecule has 0 aliphatic heterocycles. The molecule has 0 atom stereocenters. The van der Waals surface area contributed by atoms with Crippen molar-refractivity contribution in [1.82, 2.24) is 15.0 Å². The third-order valence-electron chi connectivity index (χ3n) is 5.91. The molecule has 39 heavy (non-hydrogen) atoms. The van der Waals surface area contributed by atoms with E-state index in [1.165, 1.54) is 26.4 Å². The van der Waals surface area contributed by atoms with Gasteiger partial charge in [0.1, 0.15) is 17.2 Å². The van der Waals surface area contributed by atoms with Crippen LogP contribution in [0.5, 0.6) is 11.5 Å². The number of amides is 1. The molecule has 200 valence electrons. The van der Waals surface area contributed by atoms with Gasteiger partial charge in [-0.2, -0.15) is 0 Å². The highest BCUT2D eigenvalue weighted by molar-refractivity contribution is 7.92. The van der Waals surface area contributed by atoms with Crippen LogP contribution in [0.15, 0.2) is 71.8 Å². The number of nitrogens with zero attached hydrogens (tertiary/aromatic N) is 2. The van der Waals surface area contributed by atoms with E-state index in [1.54, 1.807) is 48.7 Å². The summed E-state index contributed by atoms with van der Waals surface area (Å²) in [5.74, 6) is 0.939. The monoisotopic (exact) mass is 546 g/mol. The predicted molar refractivity (Wildman–Crippen MR) is 148 cm³/mol. The van der Waals surface area contributed by atoms with Gasteiger partial charge in [0.2, 0.25) is 0 Å². The number of rotatable bonds is 9. The number of hydrogen-bond acceptors (Lipinski definition) is 8. The van der Waals surface area contributed by atoms with Gasteiger partial charge in [-0.3, -0.25) is 9.52 Å². The molecule has 11 nitrogen and oxygen atoms in total. The molecule has 12 heteroatoms. The number of carbonyl (C=O) groups is 1. The Bertz CT molecular complexity index is 1630. The minimum atomic E-state index is -4.12. The smallest absolute Gasteiger partial charge is 0.272 e. The van der Waals surface area contributed by atoms with E-state index in [2.05, 4.69) is 30.3 Å². The SMILES string of the molecule is COc1cc(Nc2nc3c(nc2NS(=O)(=O)c2cccc(NC(=O)c4ccc[nH]4)c2)C=CCC3)cc(OC)c1. The number of allylic oxidation sites excluding steroid dienone is 1. The van der Waals surface area contributed by atoms with Crippen LogP contribution < -0.4 is 24.8 Å². The first-order valence-corrected chi connectivity index (χ1v) is 13.5. The van der Waals surface area contributed by atoms with Crippen LogP contribution in [0.3, 0.4) is 0 Å². The van der Waals surface area contributed by atoms with Crippen molar-refractivity contribution in [2.75, 3.05) is 29.6 Å². The van der Waals surface area contributed by atoms with E-state index >= 15 is 0 Å². The molecule has 0 fully saturated rings. The summed E-state index contributed by atoms with van der Waals surface area (Å²) in [7, 11) is -1.04. The lowest BCUT2D eigenvalue weighted by Gasteiger charge is -2.18. The summed E-state index contributed by atoms with van der Waals surface area (Å²) in [5, 5.41) is 5.85. The van der Waals surface area contributed by atoms with Crippen LogP contribution in [0.1, 0.15) is 28.3 Å². The van der Waals surface area contributed by atoms with E-state index in [0.29, 0.717) is 40.7 Å². The fraction of sp³-hybridized carbons (Fsp3) is 0.148. The summed E-state index contributed by atoms with van der Waals surface area (Å²) in [6, 6.07) is 14.5. The first-order chi connectivity index (χ1) is 18.8. The molecular formula is C27H26N6O5S. The van der Waals surface area contributed by atoms with Crippen LogP contribution in [0.4, 0.5) is 23.0 Å². The lowest BCUT2D eigenvalue weighted by Crippen LogP contribution is -2.18. The molecule has 4 aromatic rings. The Hall–Kier alpha value is -4.84. The van der Waals surface area contributed by atoms with E-state index in [9.17, 15) is 13.2 Å². The number of ether oxygens (including phenoxy) is 2. The number of carbonyl (C=O) groups excluding carboxylic acids is 1. The second-order valence-electron chi connectivity index (χ2n) is 8.59. The van der Waals surface area contributed by atoms with Gasteiger partial charge in [0.15, 0.2) is 11.6 Å². The number of hydrogen-bond donors (Lipinski definition) is 4. The number of aromatic nitrogens is 3. The zero-order valence-electron chi connectivity index (χ0n) is 21.2. The molecule has 1 amide bonds. The van der Waals surface area contributed by atoms with Gasteiger partial charge >= 0.3 is 0 Å². The molecule has 2 heterocycles. The summed E-state index contributed by atoms with van der Waals surface area (Å²) < 4.78 is 40.2. The predicted octanol–water partition coefficient (Wildman–Crippen LogP) is 4.58. The Morgan fingerprint density at radius 2 is 1.74 bits per heavy atom. The molecular weight excluding hydrogens is 520 g/mol. The molecule has 0 spiro atoms. The molecule has 2 aromatic heterocycles. The fourth-order valence-corrected chi connectivity index (χ4v) is 5.04. The highest BCUT2D eigenvalue weighted by Crippen LogP contribution is 2.32. The van der Waals surface area contributed by atoms with Crippen LogP contribution in [0, 0.1) is 0 Å². The van der Waals surface area contributed by atoms with Gasteiger partial charge in [-0.25, -0.2) is 18.4 Å². The lowest BCUT2D eigenvalue weighted by atomic mass is 10.1. The zero-order valence-corrected chi connectivity index (χ0v) is 22.0. The first-order valence-electron chi connectivity index (χ1n) is 12.0. The standard InChI is InChI=1S/C27H26N6O5S/c1-37-19-13-18(14-20(16-19)38-2)29-25-26(32-23-10-4-3-9-22(23)31-25)33-39(35,36)21-8-5-7-17(15-21)30-27(34)24-11-6-12-28-24/h4-8,10-16,28H,3,9H2,1-2H3,(H,29,31)(H,30,34)(H,32,33). The molecule has 0 saturated carbocycles. The van der Waals surface area contributed by atoms with Crippen molar-refractivity contribution < 1.29 is 22.7 Å². The molecule has 2 aromatic carbocycles. The van der Waals surface area contributed by atoms with Crippen LogP contribution in [0.2, 0.25) is 0 Å². The van der Waals surface area contributed by atoms with Crippen molar-refractivity contribution in [2.24, 2.45) is 0 Å². The van der Waals surface area contributed by atoms with Gasteiger partial charge in [0.05, 0.1) is 30.5 Å². The summed E-state index contributed by atoms with van der Waals surface area (Å²) in [6.45, 7) is 0. The van der Waals surface area contributed by atoms with Gasteiger partial charge in [0.25, 0.3) is 15.9 Å². The van der Waals surface area contributed by atoms with Gasteiger partial charge in [0, 0.05) is 35.8 Å². The van der Waals surface area contributed by atoms with Gasteiger partial charge in [-0.15, -0.1) is 0 Å². The first kappa shape index (κ1) is 25.8. The van der Waals surface area contributed by atoms with Gasteiger partial charge in [-0.1, -0.05) is 12.1 Å². The largest absolute Gasteiger partial charge is 0.497 e. The second kappa shape index (κ2) is 10.9. The number of nitrogens with one attached hydrogen (secondary N) is 4. The number of anilines is 4. The Kier molecular flexibility index (Phi) is 7.19. The summed E-state index contributed by atoms with van der Waals surface area (Å²) >= 11 is 0. The van der Waals surface area contributed by atoms with E-state index in [4.69, 9.17) is 9.47 Å². The maximum absolute atomic E-state index is 13.5. The number of benzene rings is 2. The van der Waals surface area contributed by atoms with E-state index in [1.807, 2.05) is 12.2 Å². The average Bonchev–Trinajstić information content (AvgIpc) is 3.48. The minimum Gasteiger partial charge on any atom is -0.497 e. The average molecular weight is 547 g/mol. The van der Waals surface area contributed by atoms with Crippen molar-refractivity contribution in [2.45, 2.75) is 17.7 Å². The van der Waals surface area contributed by atoms with Crippen molar-refractivity contribution >= 4 is 45.0 Å². The normalized spacial score (nSPS) is 12.4. The maximum Gasteiger partial charge on any atom is 0.272 e. The molecule has 0 radical (unpaired) electrons. The Morgan fingerprint density at radius 3 is 2.46 bits per heavy atom. The summed E-state index contributed by atoms with van der Waals surface area (Å²) in [4.78, 5) is 24.4. The van der Waals surface area contributed by atoms with Gasteiger partial charge in [-0.05, 0) is 49.2 Å². The molecule has 1 aliphatic carbocycles. The van der Waals surface area contributed by atoms with Crippen molar-refractivity contribution in [3.8, 4) is 11.5 Å². The van der Waals surface area contributed by atoms with Gasteiger partial charge < -0.3 is 25.1 Å². The second-order valence-corrected chi connectivity index (χ2v) is 10.3. The third-order valence-corrected chi connectivity index (χ3v) is 7.25. The highest BCUT2D eigenvalue weighted by Gasteiger charge is 2.22. The highest BCUT2D eigenvalue weighted by atomic mass is 32.2. The van der Waals surface area contributed by atoms with Crippen LogP contribution in [-0.4, -0.2) is 43.5 Å². The number of methoxy groups -OCH3 is 2. The minimum absolute atomic E-state index is 0.0166. The van der Waals surface area contributed by atoms with Crippen molar-refractivity contribution in [3.05, 3.63) is 84.0 Å². The maximum atomic E-state index is 13.5. The Balaban J connectivity index is 1.47. The number of fused-ring (bicyclic) bond motifs is 1. The Labute approximate surface area is 225 Å². The van der Waals surface area contributed by atoms with Crippen LogP contribution in [0.25, 0.3) is 6.08 Å². The topological polar surface area (TPSA) is 147 Å². The molecule has 0 saturated heterocycles. The number of sulfonamides is 1. The molecule has 0 unspecified atom stereocenters. The molecule has 0 bridgehead atoms. The van der Waals surface area contributed by atoms with E-state index in [-0.39, 0.29) is 16.5 Å². The molecule has 4 N–H and O–H groups in total. The van der Waals surface area contributed by atoms with E-state index < -0.39 is 15.9 Å². The van der Waals surface area contributed by atoms with Crippen LogP contribution >= 0.6 is 0 Å². The van der Waals surface area contributed by atoms with E-state index in [0.717, 1.165) is 12.1 Å². The number of aryl methyl sites for hydroxylation is 1. The quantitative estimate of drug-likeness (QED) is 0.239. The Morgan fingerprint density at radius 1 is 0.949 bits per heavy atom. The van der Waals surface area contributed by atoms with Crippen LogP contribution in [-0.2, 0) is 16.4 Å². The zero-order chi connectivity index (χ0) is 27.4. The molecule has 5 rings (SSSR count). The van der Waals surface area contributed by atoms with Crippen molar-refractivity contribution in [1.29, 1.82) is 0 Å². The number of aromatic amines is 1.